The molecule has 3 atom stereocenters. The standard InChI is InChI=1S/C21H30O5/c1-11(2)8-9-21-10-13(19(5,6)26)20(7,18(21)25)16(23)14(17(21)24)15(22)12(3)4/h8,12-13,23,26H,9-10H2,1-7H3/t13-,20-,21+/m0/s1. The third-order valence-electron chi connectivity index (χ3n) is 6.03. The van der Waals surface area contributed by atoms with E-state index >= 15 is 0 Å². The van der Waals surface area contributed by atoms with E-state index in [0.29, 0.717) is 0 Å². The first-order valence-corrected chi connectivity index (χ1v) is 9.14. The molecule has 5 heteroatoms. The molecule has 0 amide bonds. The van der Waals surface area contributed by atoms with Gasteiger partial charge in [-0.2, -0.15) is 0 Å². The SMILES string of the molecule is CC(C)=CC[C@]12C[C@@H](C(C)(C)O)[C@](C)(C1=O)C(O)=C(C(=O)C(C)C)C2=O. The third-order valence-corrected chi connectivity index (χ3v) is 6.03. The molecule has 2 aliphatic rings. The lowest BCUT2D eigenvalue weighted by atomic mass is 9.63. The van der Waals surface area contributed by atoms with E-state index in [1.807, 2.05) is 19.9 Å². The second-order valence-electron chi connectivity index (χ2n) is 9.08. The summed E-state index contributed by atoms with van der Waals surface area (Å²) in [6.45, 7) is 11.8. The van der Waals surface area contributed by atoms with Crippen LogP contribution in [0.4, 0.5) is 0 Å². The van der Waals surface area contributed by atoms with Gasteiger partial charge >= 0.3 is 0 Å². The molecule has 2 aliphatic carbocycles. The van der Waals surface area contributed by atoms with E-state index in [-0.39, 0.29) is 18.4 Å². The zero-order chi connectivity index (χ0) is 20.2. The molecule has 0 saturated heterocycles. The fraction of sp³-hybridized carbons (Fsp3) is 0.667. The highest BCUT2D eigenvalue weighted by atomic mass is 16.3. The highest BCUT2D eigenvalue weighted by molar-refractivity contribution is 6.32. The molecule has 1 saturated carbocycles. The lowest BCUT2D eigenvalue weighted by Crippen LogP contribution is -2.50. The molecular weight excluding hydrogens is 332 g/mol. The molecule has 0 spiro atoms. The van der Waals surface area contributed by atoms with Gasteiger partial charge in [0.2, 0.25) is 0 Å². The van der Waals surface area contributed by atoms with Gasteiger partial charge in [-0.1, -0.05) is 25.5 Å². The van der Waals surface area contributed by atoms with Crippen molar-refractivity contribution in [3.63, 3.8) is 0 Å². The largest absolute Gasteiger partial charge is 0.510 e. The quantitative estimate of drug-likeness (QED) is 0.445. The van der Waals surface area contributed by atoms with Crippen molar-refractivity contribution < 1.29 is 24.6 Å². The lowest BCUT2D eigenvalue weighted by molar-refractivity contribution is -0.144. The van der Waals surface area contributed by atoms with Crippen LogP contribution in [0.3, 0.4) is 0 Å². The number of aliphatic hydroxyl groups excluding tert-OH is 1. The van der Waals surface area contributed by atoms with Crippen LogP contribution in [0.25, 0.3) is 0 Å². The van der Waals surface area contributed by atoms with Crippen LogP contribution in [0.15, 0.2) is 23.0 Å². The van der Waals surface area contributed by atoms with Crippen molar-refractivity contribution in [3.05, 3.63) is 23.0 Å². The van der Waals surface area contributed by atoms with Gasteiger partial charge < -0.3 is 10.2 Å². The molecule has 2 rings (SSSR count). The second-order valence-corrected chi connectivity index (χ2v) is 9.08. The Morgan fingerprint density at radius 3 is 2.27 bits per heavy atom. The number of fused-ring (bicyclic) bond motifs is 2. The molecule has 5 nitrogen and oxygen atoms in total. The summed E-state index contributed by atoms with van der Waals surface area (Å²) in [6, 6.07) is 0. The fourth-order valence-electron chi connectivity index (χ4n) is 4.50. The first-order chi connectivity index (χ1) is 11.7. The van der Waals surface area contributed by atoms with Crippen LogP contribution in [0, 0.1) is 22.7 Å². The van der Waals surface area contributed by atoms with Crippen LogP contribution in [0.2, 0.25) is 0 Å². The Labute approximate surface area is 155 Å². The normalized spacial score (nSPS) is 31.7. The molecular formula is C21H30O5. The number of ketones is 3. The van der Waals surface area contributed by atoms with Crippen molar-refractivity contribution in [1.29, 1.82) is 0 Å². The maximum atomic E-state index is 13.4. The Morgan fingerprint density at radius 2 is 1.85 bits per heavy atom. The molecule has 1 fully saturated rings. The lowest BCUT2D eigenvalue weighted by Gasteiger charge is -2.39. The van der Waals surface area contributed by atoms with Crippen LogP contribution in [0.1, 0.15) is 61.3 Å². The number of hydrogen-bond donors (Lipinski definition) is 2. The zero-order valence-electron chi connectivity index (χ0n) is 16.8. The van der Waals surface area contributed by atoms with Crippen LogP contribution in [-0.4, -0.2) is 33.2 Å². The summed E-state index contributed by atoms with van der Waals surface area (Å²) < 4.78 is 0. The summed E-state index contributed by atoms with van der Waals surface area (Å²) >= 11 is 0. The van der Waals surface area contributed by atoms with Crippen molar-refractivity contribution in [2.24, 2.45) is 22.7 Å². The molecule has 0 unspecified atom stereocenters. The summed E-state index contributed by atoms with van der Waals surface area (Å²) in [5, 5.41) is 21.6. The van der Waals surface area contributed by atoms with Gasteiger partial charge in [0, 0.05) is 11.8 Å². The molecule has 2 N–H and O–H groups in total. The first kappa shape index (κ1) is 20.6. The smallest absolute Gasteiger partial charge is 0.183 e. The van der Waals surface area contributed by atoms with E-state index in [1.165, 1.54) is 0 Å². The van der Waals surface area contributed by atoms with Gasteiger partial charge in [-0.15, -0.1) is 0 Å². The predicted molar refractivity (Wildman–Crippen MR) is 98.5 cm³/mol. The summed E-state index contributed by atoms with van der Waals surface area (Å²) in [5.74, 6) is -3.05. The van der Waals surface area contributed by atoms with Crippen molar-refractivity contribution in [2.75, 3.05) is 0 Å². The van der Waals surface area contributed by atoms with E-state index in [1.54, 1.807) is 34.6 Å². The average molecular weight is 362 g/mol. The second kappa shape index (κ2) is 6.15. The molecule has 0 aromatic rings. The summed E-state index contributed by atoms with van der Waals surface area (Å²) in [6.07, 6.45) is 2.12. The molecule has 0 aromatic heterocycles. The predicted octanol–water partition coefficient (Wildman–Crippen LogP) is 3.32. The first-order valence-electron chi connectivity index (χ1n) is 9.14. The van der Waals surface area contributed by atoms with Crippen LogP contribution in [-0.2, 0) is 14.4 Å². The molecule has 0 heterocycles. The molecule has 26 heavy (non-hydrogen) atoms. The van der Waals surface area contributed by atoms with Crippen LogP contribution < -0.4 is 0 Å². The van der Waals surface area contributed by atoms with Gasteiger partial charge in [-0.3, -0.25) is 14.4 Å². The number of hydrogen-bond acceptors (Lipinski definition) is 5. The van der Waals surface area contributed by atoms with E-state index in [9.17, 15) is 24.6 Å². The average Bonchev–Trinajstić information content (AvgIpc) is 2.71. The number of Topliss-reactive ketones (excluding diaryl/α,β-unsaturated/α-hetero) is 3. The Kier molecular flexibility index (Phi) is 4.87. The highest BCUT2D eigenvalue weighted by Crippen LogP contribution is 2.62. The summed E-state index contributed by atoms with van der Waals surface area (Å²) in [4.78, 5) is 39.4. The Hall–Kier alpha value is -1.75. The Balaban J connectivity index is 2.80. The monoisotopic (exact) mass is 362 g/mol. The minimum atomic E-state index is -1.44. The number of rotatable bonds is 5. The third kappa shape index (κ3) is 2.68. The topological polar surface area (TPSA) is 91.7 Å². The van der Waals surface area contributed by atoms with Crippen molar-refractivity contribution in [1.82, 2.24) is 0 Å². The van der Waals surface area contributed by atoms with Crippen molar-refractivity contribution in [2.45, 2.75) is 66.9 Å². The number of carbonyl (C=O) groups is 3. The molecule has 0 radical (unpaired) electrons. The maximum absolute atomic E-state index is 13.4. The molecule has 0 aliphatic heterocycles. The van der Waals surface area contributed by atoms with E-state index < -0.39 is 51.4 Å². The van der Waals surface area contributed by atoms with Gasteiger partial charge in [0.25, 0.3) is 0 Å². The Bertz CT molecular complexity index is 730. The number of allylic oxidation sites excluding steroid dienone is 4. The van der Waals surface area contributed by atoms with Gasteiger partial charge in [0.05, 0.1) is 16.4 Å². The number of aliphatic hydroxyl groups is 2. The Morgan fingerprint density at radius 1 is 1.31 bits per heavy atom. The van der Waals surface area contributed by atoms with Gasteiger partial charge in [-0.25, -0.2) is 0 Å². The van der Waals surface area contributed by atoms with Gasteiger partial charge in [0.15, 0.2) is 17.3 Å². The van der Waals surface area contributed by atoms with Crippen LogP contribution in [0.5, 0.6) is 0 Å². The van der Waals surface area contributed by atoms with E-state index in [2.05, 4.69) is 0 Å². The number of carbonyl (C=O) groups excluding carboxylic acids is 3. The van der Waals surface area contributed by atoms with Gasteiger partial charge in [-0.05, 0) is 47.5 Å². The van der Waals surface area contributed by atoms with Gasteiger partial charge in [0.1, 0.15) is 11.3 Å². The molecule has 0 aromatic carbocycles. The summed E-state index contributed by atoms with van der Waals surface area (Å²) in [5.41, 5.74) is -3.42. The summed E-state index contributed by atoms with van der Waals surface area (Å²) in [7, 11) is 0. The van der Waals surface area contributed by atoms with Crippen molar-refractivity contribution >= 4 is 17.3 Å². The van der Waals surface area contributed by atoms with Crippen LogP contribution >= 0.6 is 0 Å². The molecule has 144 valence electrons. The fourth-order valence-corrected chi connectivity index (χ4v) is 4.50. The van der Waals surface area contributed by atoms with E-state index in [4.69, 9.17) is 0 Å². The molecule has 2 bridgehead atoms. The van der Waals surface area contributed by atoms with E-state index in [0.717, 1.165) is 5.57 Å². The zero-order valence-corrected chi connectivity index (χ0v) is 16.8. The highest BCUT2D eigenvalue weighted by Gasteiger charge is 2.71. The van der Waals surface area contributed by atoms with Crippen molar-refractivity contribution in [3.8, 4) is 0 Å². The minimum absolute atomic E-state index is 0.118. The minimum Gasteiger partial charge on any atom is -0.510 e. The maximum Gasteiger partial charge on any atom is 0.183 e.